The first-order chi connectivity index (χ1) is 3.79. The molecule has 0 aromatic carbocycles. The molecule has 0 heterocycles. The molecule has 1 saturated carbocycles. The lowest BCUT2D eigenvalue weighted by atomic mass is 9.89. The predicted octanol–water partition coefficient (Wildman–Crippen LogP) is 2.10. The Kier molecular flexibility index (Phi) is 1.90. The minimum atomic E-state index is 0.711. The van der Waals surface area contributed by atoms with Crippen molar-refractivity contribution in [1.29, 1.82) is 0 Å². The summed E-state index contributed by atoms with van der Waals surface area (Å²) in [6.07, 6.45) is 4.98. The molecule has 1 fully saturated rings. The highest BCUT2D eigenvalue weighted by Crippen LogP contribution is 2.27. The summed E-state index contributed by atoms with van der Waals surface area (Å²) in [6, 6.07) is 0. The van der Waals surface area contributed by atoms with Crippen molar-refractivity contribution in [3.63, 3.8) is 0 Å². The summed E-state index contributed by atoms with van der Waals surface area (Å²) >= 11 is 0. The molecule has 1 radical (unpaired) electrons. The average Bonchev–Trinajstić information content (AvgIpc) is 1.77. The number of hydrogen-bond donors (Lipinski definition) is 1. The van der Waals surface area contributed by atoms with Gasteiger partial charge in [0.15, 0.2) is 0 Å². The maximum Gasteiger partial charge on any atom is 0.0933 e. The third-order valence-electron chi connectivity index (χ3n) is 1.85. The standard InChI is InChI=1S/C7H13O/c1-6-2-4-7(8)5-3-6/h6,8H,2-5H2,1H3. The Labute approximate surface area is 50.7 Å². The van der Waals surface area contributed by atoms with Crippen molar-refractivity contribution in [2.75, 3.05) is 0 Å². The number of hydrogen-bond acceptors (Lipinski definition) is 1. The molecule has 0 atom stereocenters. The van der Waals surface area contributed by atoms with Gasteiger partial charge in [0.2, 0.25) is 0 Å². The summed E-state index contributed by atoms with van der Waals surface area (Å²) in [4.78, 5) is 0. The molecule has 47 valence electrons. The van der Waals surface area contributed by atoms with E-state index in [-0.39, 0.29) is 0 Å². The van der Waals surface area contributed by atoms with Crippen LogP contribution in [-0.2, 0) is 0 Å². The molecule has 1 aliphatic carbocycles. The Morgan fingerprint density at radius 2 is 1.88 bits per heavy atom. The van der Waals surface area contributed by atoms with Crippen molar-refractivity contribution < 1.29 is 5.11 Å². The van der Waals surface area contributed by atoms with Crippen LogP contribution < -0.4 is 0 Å². The average molecular weight is 113 g/mol. The lowest BCUT2D eigenvalue weighted by Crippen LogP contribution is -2.09. The van der Waals surface area contributed by atoms with Gasteiger partial charge in [-0.3, -0.25) is 0 Å². The Morgan fingerprint density at radius 3 is 2.25 bits per heavy atom. The second kappa shape index (κ2) is 2.49. The molecule has 0 saturated heterocycles. The molecule has 0 spiro atoms. The van der Waals surface area contributed by atoms with E-state index in [0.29, 0.717) is 6.10 Å². The number of aliphatic hydroxyl groups is 1. The third kappa shape index (κ3) is 1.48. The largest absolute Gasteiger partial charge is 0.387 e. The summed E-state index contributed by atoms with van der Waals surface area (Å²) in [6.45, 7) is 2.24. The molecule has 0 aromatic rings. The first-order valence-electron chi connectivity index (χ1n) is 3.32. The van der Waals surface area contributed by atoms with Crippen LogP contribution in [0.15, 0.2) is 0 Å². The van der Waals surface area contributed by atoms with Crippen molar-refractivity contribution in [3.05, 3.63) is 6.10 Å². The Bertz CT molecular complexity index is 52.8. The molecular weight excluding hydrogens is 100 g/mol. The van der Waals surface area contributed by atoms with Gasteiger partial charge in [0, 0.05) is 0 Å². The van der Waals surface area contributed by atoms with E-state index >= 15 is 0 Å². The van der Waals surface area contributed by atoms with Gasteiger partial charge in [-0.2, -0.15) is 0 Å². The fraction of sp³-hybridized carbons (Fsp3) is 0.857. The topological polar surface area (TPSA) is 20.2 Å². The molecule has 1 heteroatoms. The molecule has 1 aliphatic rings. The fourth-order valence-electron chi connectivity index (χ4n) is 1.10. The van der Waals surface area contributed by atoms with Crippen LogP contribution in [0.2, 0.25) is 0 Å². The SMILES string of the molecule is CC1CC[C](O)CC1. The molecule has 0 unspecified atom stereocenters. The molecule has 1 nitrogen and oxygen atoms in total. The van der Waals surface area contributed by atoms with Crippen molar-refractivity contribution in [2.24, 2.45) is 5.92 Å². The minimum absolute atomic E-state index is 0.711. The van der Waals surface area contributed by atoms with Crippen molar-refractivity contribution in [3.8, 4) is 0 Å². The summed E-state index contributed by atoms with van der Waals surface area (Å²) in [5.41, 5.74) is 0. The highest BCUT2D eigenvalue weighted by Gasteiger charge is 2.15. The Hall–Kier alpha value is -0.0400. The van der Waals surface area contributed by atoms with Gasteiger partial charge < -0.3 is 5.11 Å². The van der Waals surface area contributed by atoms with E-state index in [9.17, 15) is 0 Å². The fourth-order valence-corrected chi connectivity index (χ4v) is 1.10. The van der Waals surface area contributed by atoms with E-state index in [1.165, 1.54) is 12.8 Å². The first kappa shape index (κ1) is 6.09. The van der Waals surface area contributed by atoms with E-state index in [1.807, 2.05) is 0 Å². The zero-order chi connectivity index (χ0) is 5.98. The second-order valence-electron chi connectivity index (χ2n) is 2.75. The van der Waals surface area contributed by atoms with Gasteiger partial charge >= 0.3 is 0 Å². The third-order valence-corrected chi connectivity index (χ3v) is 1.85. The molecule has 0 bridgehead atoms. The number of rotatable bonds is 0. The maximum atomic E-state index is 8.94. The highest BCUT2D eigenvalue weighted by molar-refractivity contribution is 4.81. The van der Waals surface area contributed by atoms with E-state index in [4.69, 9.17) is 5.11 Å². The van der Waals surface area contributed by atoms with Crippen molar-refractivity contribution in [2.45, 2.75) is 32.6 Å². The summed E-state index contributed by atoms with van der Waals surface area (Å²) in [5.74, 6) is 0.839. The van der Waals surface area contributed by atoms with Gasteiger partial charge in [0.05, 0.1) is 6.10 Å². The quantitative estimate of drug-likeness (QED) is 0.510. The second-order valence-corrected chi connectivity index (χ2v) is 2.75. The summed E-state index contributed by atoms with van der Waals surface area (Å²) in [5, 5.41) is 8.94. The molecule has 1 rings (SSSR count). The van der Waals surface area contributed by atoms with Gasteiger partial charge in [-0.05, 0) is 31.6 Å². The predicted molar refractivity (Wildman–Crippen MR) is 32.8 cm³/mol. The van der Waals surface area contributed by atoms with Gasteiger partial charge in [-0.1, -0.05) is 6.92 Å². The van der Waals surface area contributed by atoms with Crippen LogP contribution in [0.25, 0.3) is 0 Å². The van der Waals surface area contributed by atoms with Crippen molar-refractivity contribution >= 4 is 0 Å². The van der Waals surface area contributed by atoms with Crippen LogP contribution in [-0.4, -0.2) is 5.11 Å². The molecule has 0 amide bonds. The zero-order valence-corrected chi connectivity index (χ0v) is 5.35. The highest BCUT2D eigenvalue weighted by atomic mass is 16.3. The minimum Gasteiger partial charge on any atom is -0.387 e. The maximum absolute atomic E-state index is 8.94. The Morgan fingerprint density at radius 1 is 1.38 bits per heavy atom. The molecule has 8 heavy (non-hydrogen) atoms. The van der Waals surface area contributed by atoms with Gasteiger partial charge in [-0.15, -0.1) is 0 Å². The van der Waals surface area contributed by atoms with E-state index in [1.54, 1.807) is 0 Å². The Balaban J connectivity index is 2.19. The van der Waals surface area contributed by atoms with Crippen LogP contribution >= 0.6 is 0 Å². The van der Waals surface area contributed by atoms with Gasteiger partial charge in [0.1, 0.15) is 0 Å². The van der Waals surface area contributed by atoms with E-state index in [2.05, 4.69) is 6.92 Å². The zero-order valence-electron chi connectivity index (χ0n) is 5.35. The molecule has 0 aromatic heterocycles. The van der Waals surface area contributed by atoms with Gasteiger partial charge in [0.25, 0.3) is 0 Å². The van der Waals surface area contributed by atoms with Crippen LogP contribution in [0.1, 0.15) is 32.6 Å². The van der Waals surface area contributed by atoms with Gasteiger partial charge in [-0.25, -0.2) is 0 Å². The molecule has 1 N–H and O–H groups in total. The molecule has 0 aliphatic heterocycles. The van der Waals surface area contributed by atoms with Crippen LogP contribution in [0, 0.1) is 12.0 Å². The smallest absolute Gasteiger partial charge is 0.0933 e. The first-order valence-corrected chi connectivity index (χ1v) is 3.32. The lowest BCUT2D eigenvalue weighted by Gasteiger charge is -2.20. The lowest BCUT2D eigenvalue weighted by molar-refractivity contribution is 0.214. The summed E-state index contributed by atoms with van der Waals surface area (Å²) in [7, 11) is 0. The monoisotopic (exact) mass is 113 g/mol. The summed E-state index contributed by atoms with van der Waals surface area (Å²) < 4.78 is 0. The van der Waals surface area contributed by atoms with E-state index in [0.717, 1.165) is 18.8 Å². The molecular formula is C7H13O. The number of aliphatic hydroxyl groups excluding tert-OH is 1. The van der Waals surface area contributed by atoms with Crippen LogP contribution in [0.4, 0.5) is 0 Å². The van der Waals surface area contributed by atoms with Crippen molar-refractivity contribution in [1.82, 2.24) is 0 Å². The van der Waals surface area contributed by atoms with Crippen LogP contribution in [0.3, 0.4) is 0 Å². The normalized spacial score (nSPS) is 26.2. The van der Waals surface area contributed by atoms with E-state index < -0.39 is 0 Å². The van der Waals surface area contributed by atoms with Crippen LogP contribution in [0.5, 0.6) is 0 Å².